The minimum absolute atomic E-state index is 0.217. The topological polar surface area (TPSA) is 57.6 Å². The highest BCUT2D eigenvalue weighted by molar-refractivity contribution is 6.30. The zero-order valence-electron chi connectivity index (χ0n) is 8.39. The highest BCUT2D eigenvalue weighted by atomic mass is 35.5. The van der Waals surface area contributed by atoms with E-state index in [0.717, 1.165) is 16.0 Å². The summed E-state index contributed by atoms with van der Waals surface area (Å²) in [6, 6.07) is 4.74. The minimum Gasteiger partial charge on any atom is -0.465 e. The SMILES string of the molecule is O=CC1Cc2ccc(Cl)cc2CN1C(=O)O. The van der Waals surface area contributed by atoms with Crippen LogP contribution >= 0.6 is 11.6 Å². The molecule has 1 amide bonds. The molecule has 2 rings (SSSR count). The van der Waals surface area contributed by atoms with E-state index in [1.165, 1.54) is 0 Å². The zero-order chi connectivity index (χ0) is 11.7. The van der Waals surface area contributed by atoms with Crippen molar-refractivity contribution in [2.24, 2.45) is 0 Å². The molecule has 1 unspecified atom stereocenters. The van der Waals surface area contributed by atoms with E-state index in [1.54, 1.807) is 12.1 Å². The number of amides is 1. The van der Waals surface area contributed by atoms with Crippen LogP contribution in [0.15, 0.2) is 18.2 Å². The normalized spacial score (nSPS) is 19.1. The summed E-state index contributed by atoms with van der Waals surface area (Å²) in [4.78, 5) is 22.9. The first-order valence-corrected chi connectivity index (χ1v) is 5.22. The van der Waals surface area contributed by atoms with Crippen LogP contribution in [0.2, 0.25) is 5.02 Å². The third kappa shape index (κ3) is 1.88. The summed E-state index contributed by atoms with van der Waals surface area (Å²) in [5.41, 5.74) is 1.85. The van der Waals surface area contributed by atoms with Crippen LogP contribution in [0.1, 0.15) is 11.1 Å². The molecule has 5 heteroatoms. The quantitative estimate of drug-likeness (QED) is 0.762. The number of hydrogen-bond donors (Lipinski definition) is 1. The first kappa shape index (κ1) is 11.0. The molecule has 0 fully saturated rings. The van der Waals surface area contributed by atoms with Crippen molar-refractivity contribution in [2.45, 2.75) is 19.0 Å². The number of carbonyl (C=O) groups is 2. The van der Waals surface area contributed by atoms with E-state index in [2.05, 4.69) is 0 Å². The van der Waals surface area contributed by atoms with Crippen LogP contribution < -0.4 is 0 Å². The molecule has 0 bridgehead atoms. The average Bonchev–Trinajstić information content (AvgIpc) is 2.27. The van der Waals surface area contributed by atoms with Gasteiger partial charge in [0.1, 0.15) is 6.29 Å². The Labute approximate surface area is 97.4 Å². The van der Waals surface area contributed by atoms with Gasteiger partial charge in [0.15, 0.2) is 0 Å². The van der Waals surface area contributed by atoms with Crippen LogP contribution in [0.5, 0.6) is 0 Å². The summed E-state index contributed by atoms with van der Waals surface area (Å²) in [6.07, 6.45) is 0.0104. The smallest absolute Gasteiger partial charge is 0.408 e. The van der Waals surface area contributed by atoms with Gasteiger partial charge in [-0.05, 0) is 23.3 Å². The molecule has 1 aliphatic rings. The summed E-state index contributed by atoms with van der Waals surface area (Å²) in [7, 11) is 0. The Morgan fingerprint density at radius 3 is 2.88 bits per heavy atom. The molecule has 1 aromatic rings. The van der Waals surface area contributed by atoms with Crippen molar-refractivity contribution >= 4 is 24.0 Å². The van der Waals surface area contributed by atoms with Gasteiger partial charge in [0.2, 0.25) is 0 Å². The molecule has 1 N–H and O–H groups in total. The fourth-order valence-electron chi connectivity index (χ4n) is 1.91. The number of carboxylic acid groups (broad SMARTS) is 1. The number of benzene rings is 1. The van der Waals surface area contributed by atoms with Gasteiger partial charge in [-0.25, -0.2) is 4.79 Å². The number of carbonyl (C=O) groups excluding carboxylic acids is 1. The van der Waals surface area contributed by atoms with Crippen molar-refractivity contribution in [1.29, 1.82) is 0 Å². The lowest BCUT2D eigenvalue weighted by atomic mass is 9.95. The van der Waals surface area contributed by atoms with Crippen molar-refractivity contribution in [3.05, 3.63) is 34.3 Å². The van der Waals surface area contributed by atoms with E-state index in [-0.39, 0.29) is 6.54 Å². The number of aldehydes is 1. The van der Waals surface area contributed by atoms with E-state index in [1.807, 2.05) is 6.07 Å². The van der Waals surface area contributed by atoms with E-state index < -0.39 is 12.1 Å². The number of rotatable bonds is 1. The molecule has 0 aromatic heterocycles. The Balaban J connectivity index is 2.37. The molecular formula is C11H10ClNO3. The van der Waals surface area contributed by atoms with E-state index >= 15 is 0 Å². The highest BCUT2D eigenvalue weighted by Crippen LogP contribution is 2.25. The first-order chi connectivity index (χ1) is 7.61. The number of halogens is 1. The van der Waals surface area contributed by atoms with Crippen LogP contribution in [0.4, 0.5) is 4.79 Å². The summed E-state index contributed by atoms with van der Waals surface area (Å²) in [6.45, 7) is 0.217. The van der Waals surface area contributed by atoms with Gasteiger partial charge in [-0.2, -0.15) is 0 Å². The molecule has 0 radical (unpaired) electrons. The van der Waals surface area contributed by atoms with Gasteiger partial charge < -0.3 is 9.90 Å². The van der Waals surface area contributed by atoms with Gasteiger partial charge >= 0.3 is 6.09 Å². The van der Waals surface area contributed by atoms with Crippen molar-refractivity contribution in [2.75, 3.05) is 0 Å². The molecule has 1 atom stereocenters. The molecule has 16 heavy (non-hydrogen) atoms. The molecule has 4 nitrogen and oxygen atoms in total. The maximum Gasteiger partial charge on any atom is 0.408 e. The van der Waals surface area contributed by atoms with Crippen LogP contribution in [0, 0.1) is 0 Å². The lowest BCUT2D eigenvalue weighted by Crippen LogP contribution is -2.44. The summed E-state index contributed by atoms with van der Waals surface area (Å²) in [5.74, 6) is 0. The van der Waals surface area contributed by atoms with E-state index in [0.29, 0.717) is 17.7 Å². The second kappa shape index (κ2) is 4.14. The molecule has 1 aliphatic heterocycles. The molecule has 0 saturated carbocycles. The van der Waals surface area contributed by atoms with Gasteiger partial charge in [-0.1, -0.05) is 17.7 Å². The minimum atomic E-state index is -1.08. The predicted molar refractivity (Wildman–Crippen MR) is 58.6 cm³/mol. The van der Waals surface area contributed by atoms with Crippen LogP contribution in [-0.4, -0.2) is 28.4 Å². The molecule has 84 valence electrons. The number of hydrogen-bond acceptors (Lipinski definition) is 2. The Kier molecular flexibility index (Phi) is 2.83. The average molecular weight is 240 g/mol. The van der Waals surface area contributed by atoms with Gasteiger partial charge in [0, 0.05) is 11.4 Å². The number of nitrogens with zero attached hydrogens (tertiary/aromatic N) is 1. The molecule has 1 aromatic carbocycles. The Bertz CT molecular complexity index is 447. The monoisotopic (exact) mass is 239 g/mol. The first-order valence-electron chi connectivity index (χ1n) is 4.84. The van der Waals surface area contributed by atoms with Gasteiger partial charge in [-0.15, -0.1) is 0 Å². The third-order valence-electron chi connectivity index (χ3n) is 2.74. The van der Waals surface area contributed by atoms with Crippen LogP contribution in [0.3, 0.4) is 0 Å². The van der Waals surface area contributed by atoms with E-state index in [9.17, 15) is 9.59 Å². The van der Waals surface area contributed by atoms with Gasteiger partial charge in [0.05, 0.1) is 12.6 Å². The van der Waals surface area contributed by atoms with Gasteiger partial charge in [-0.3, -0.25) is 4.90 Å². The third-order valence-corrected chi connectivity index (χ3v) is 2.98. The lowest BCUT2D eigenvalue weighted by molar-refractivity contribution is -0.112. The lowest BCUT2D eigenvalue weighted by Gasteiger charge is -2.31. The Hall–Kier alpha value is -1.55. The van der Waals surface area contributed by atoms with Crippen LogP contribution in [0.25, 0.3) is 0 Å². The summed E-state index contributed by atoms with van der Waals surface area (Å²) < 4.78 is 0. The molecule has 0 aliphatic carbocycles. The second-order valence-corrected chi connectivity index (χ2v) is 4.17. The summed E-state index contributed by atoms with van der Waals surface area (Å²) >= 11 is 5.84. The second-order valence-electron chi connectivity index (χ2n) is 3.73. The molecule has 0 spiro atoms. The maximum absolute atomic E-state index is 11.0. The fraction of sp³-hybridized carbons (Fsp3) is 0.273. The molecular weight excluding hydrogens is 230 g/mol. The maximum atomic E-state index is 11.0. The standard InChI is InChI=1S/C11H10ClNO3/c12-9-2-1-7-4-10(6-14)13(11(15)16)5-8(7)3-9/h1-3,6,10H,4-5H2,(H,15,16). The predicted octanol–water partition coefficient (Wildman–Crippen LogP) is 1.94. The molecule has 0 saturated heterocycles. The van der Waals surface area contributed by atoms with E-state index in [4.69, 9.17) is 16.7 Å². The van der Waals surface area contributed by atoms with Crippen molar-refractivity contribution < 1.29 is 14.7 Å². The van der Waals surface area contributed by atoms with Crippen molar-refractivity contribution in [3.63, 3.8) is 0 Å². The Morgan fingerprint density at radius 1 is 1.50 bits per heavy atom. The fourth-order valence-corrected chi connectivity index (χ4v) is 2.10. The highest BCUT2D eigenvalue weighted by Gasteiger charge is 2.29. The zero-order valence-corrected chi connectivity index (χ0v) is 9.15. The van der Waals surface area contributed by atoms with Gasteiger partial charge in [0.25, 0.3) is 0 Å². The van der Waals surface area contributed by atoms with Crippen molar-refractivity contribution in [1.82, 2.24) is 4.90 Å². The number of fused-ring (bicyclic) bond motifs is 1. The van der Waals surface area contributed by atoms with Crippen LogP contribution in [-0.2, 0) is 17.8 Å². The Morgan fingerprint density at radius 2 is 2.25 bits per heavy atom. The largest absolute Gasteiger partial charge is 0.465 e. The summed E-state index contributed by atoms with van der Waals surface area (Å²) in [5, 5.41) is 9.55. The van der Waals surface area contributed by atoms with Crippen molar-refractivity contribution in [3.8, 4) is 0 Å². The molecule has 1 heterocycles.